The molecule has 3 nitrogen and oxygen atoms in total. The van der Waals surface area contributed by atoms with Crippen molar-refractivity contribution in [3.8, 4) is 5.75 Å². The predicted octanol–water partition coefficient (Wildman–Crippen LogP) is 2.35. The maximum atomic E-state index is 12.3. The van der Waals surface area contributed by atoms with Crippen molar-refractivity contribution in [2.24, 2.45) is 0 Å². The SMILES string of the molecule is O=C(O)CCc1ccc(O)c(C(F)F)c1. The molecule has 5 heteroatoms. The van der Waals surface area contributed by atoms with E-state index >= 15 is 0 Å². The van der Waals surface area contributed by atoms with Crippen LogP contribution in [-0.4, -0.2) is 16.2 Å². The molecule has 0 aromatic heterocycles. The van der Waals surface area contributed by atoms with Crippen molar-refractivity contribution in [3.63, 3.8) is 0 Å². The fourth-order valence-electron chi connectivity index (χ4n) is 1.19. The summed E-state index contributed by atoms with van der Waals surface area (Å²) >= 11 is 0. The average molecular weight is 216 g/mol. The summed E-state index contributed by atoms with van der Waals surface area (Å²) < 4.78 is 24.7. The van der Waals surface area contributed by atoms with E-state index in [0.717, 1.165) is 12.1 Å². The highest BCUT2D eigenvalue weighted by Gasteiger charge is 2.13. The number of benzene rings is 1. The molecule has 0 heterocycles. The van der Waals surface area contributed by atoms with Crippen molar-refractivity contribution in [2.45, 2.75) is 19.3 Å². The normalized spacial score (nSPS) is 10.6. The first-order valence-corrected chi connectivity index (χ1v) is 4.32. The minimum Gasteiger partial charge on any atom is -0.507 e. The minimum absolute atomic E-state index is 0.118. The molecule has 0 saturated carbocycles. The van der Waals surface area contributed by atoms with E-state index in [0.29, 0.717) is 5.56 Å². The van der Waals surface area contributed by atoms with Gasteiger partial charge in [-0.25, -0.2) is 8.78 Å². The van der Waals surface area contributed by atoms with Crippen LogP contribution in [0.2, 0.25) is 0 Å². The number of alkyl halides is 2. The Morgan fingerprint density at radius 1 is 1.40 bits per heavy atom. The number of aliphatic carboxylic acids is 1. The number of aryl methyl sites for hydroxylation is 1. The summed E-state index contributed by atoms with van der Waals surface area (Å²) in [6.07, 6.45) is -2.70. The second-order valence-corrected chi connectivity index (χ2v) is 3.09. The lowest BCUT2D eigenvalue weighted by Crippen LogP contribution is -1.98. The van der Waals surface area contributed by atoms with E-state index in [9.17, 15) is 13.6 Å². The number of carboxylic acids is 1. The van der Waals surface area contributed by atoms with Gasteiger partial charge in [0.05, 0.1) is 5.56 Å². The molecule has 0 fully saturated rings. The Kier molecular flexibility index (Phi) is 3.60. The number of phenols is 1. The van der Waals surface area contributed by atoms with Crippen molar-refractivity contribution in [1.82, 2.24) is 0 Å². The fraction of sp³-hybridized carbons (Fsp3) is 0.300. The van der Waals surface area contributed by atoms with Crippen LogP contribution in [0.1, 0.15) is 24.0 Å². The van der Waals surface area contributed by atoms with Gasteiger partial charge in [0.15, 0.2) is 0 Å². The molecule has 0 amide bonds. The highest BCUT2D eigenvalue weighted by atomic mass is 19.3. The molecule has 0 unspecified atom stereocenters. The first kappa shape index (κ1) is 11.4. The first-order valence-electron chi connectivity index (χ1n) is 4.32. The van der Waals surface area contributed by atoms with Gasteiger partial charge in [-0.1, -0.05) is 6.07 Å². The van der Waals surface area contributed by atoms with Crippen molar-refractivity contribution in [3.05, 3.63) is 29.3 Å². The van der Waals surface area contributed by atoms with Crippen LogP contribution in [0.3, 0.4) is 0 Å². The number of rotatable bonds is 4. The largest absolute Gasteiger partial charge is 0.507 e. The summed E-state index contributed by atoms with van der Waals surface area (Å²) in [7, 11) is 0. The van der Waals surface area contributed by atoms with Gasteiger partial charge in [-0.15, -0.1) is 0 Å². The lowest BCUT2D eigenvalue weighted by atomic mass is 10.1. The van der Waals surface area contributed by atoms with Crippen LogP contribution < -0.4 is 0 Å². The Labute approximate surface area is 85.0 Å². The summed E-state index contributed by atoms with van der Waals surface area (Å²) in [5, 5.41) is 17.5. The van der Waals surface area contributed by atoms with Gasteiger partial charge in [0.1, 0.15) is 5.75 Å². The Hall–Kier alpha value is -1.65. The van der Waals surface area contributed by atoms with Crippen molar-refractivity contribution < 1.29 is 23.8 Å². The summed E-state index contributed by atoms with van der Waals surface area (Å²) in [5.41, 5.74) is 0.0170. The highest BCUT2D eigenvalue weighted by Crippen LogP contribution is 2.29. The zero-order chi connectivity index (χ0) is 11.4. The van der Waals surface area contributed by atoms with Crippen LogP contribution in [0.5, 0.6) is 5.75 Å². The van der Waals surface area contributed by atoms with Crippen LogP contribution in [0.15, 0.2) is 18.2 Å². The lowest BCUT2D eigenvalue weighted by Gasteiger charge is -2.05. The molecule has 0 aliphatic carbocycles. The molecule has 1 rings (SSSR count). The molecule has 0 bridgehead atoms. The molecule has 0 aliphatic rings. The van der Waals surface area contributed by atoms with E-state index in [1.807, 2.05) is 0 Å². The summed E-state index contributed by atoms with van der Waals surface area (Å²) in [5.74, 6) is -1.45. The smallest absolute Gasteiger partial charge is 0.303 e. The second kappa shape index (κ2) is 4.72. The van der Waals surface area contributed by atoms with Crippen LogP contribution in [0.4, 0.5) is 8.78 Å². The van der Waals surface area contributed by atoms with Gasteiger partial charge >= 0.3 is 5.97 Å². The fourth-order valence-corrected chi connectivity index (χ4v) is 1.19. The minimum atomic E-state index is -2.75. The van der Waals surface area contributed by atoms with Gasteiger partial charge < -0.3 is 10.2 Å². The van der Waals surface area contributed by atoms with Crippen LogP contribution >= 0.6 is 0 Å². The molecule has 0 atom stereocenters. The molecule has 1 aromatic carbocycles. The first-order chi connectivity index (χ1) is 7.00. The van der Waals surface area contributed by atoms with E-state index in [4.69, 9.17) is 10.2 Å². The van der Waals surface area contributed by atoms with E-state index in [2.05, 4.69) is 0 Å². The third-order valence-electron chi connectivity index (χ3n) is 1.95. The number of halogens is 2. The molecule has 0 saturated heterocycles. The molecule has 82 valence electrons. The molecular weight excluding hydrogens is 206 g/mol. The molecule has 0 aliphatic heterocycles. The maximum Gasteiger partial charge on any atom is 0.303 e. The van der Waals surface area contributed by atoms with E-state index < -0.39 is 23.7 Å². The lowest BCUT2D eigenvalue weighted by molar-refractivity contribution is -0.136. The third kappa shape index (κ3) is 3.19. The van der Waals surface area contributed by atoms with E-state index in [1.165, 1.54) is 6.07 Å². The highest BCUT2D eigenvalue weighted by molar-refractivity contribution is 5.67. The summed E-state index contributed by atoms with van der Waals surface area (Å²) in [6.45, 7) is 0. The maximum absolute atomic E-state index is 12.3. The number of carboxylic acid groups (broad SMARTS) is 1. The van der Waals surface area contributed by atoms with Crippen LogP contribution in [0, 0.1) is 0 Å². The Morgan fingerprint density at radius 2 is 2.07 bits per heavy atom. The second-order valence-electron chi connectivity index (χ2n) is 3.09. The molecule has 2 N–H and O–H groups in total. The Balaban J connectivity index is 2.83. The zero-order valence-corrected chi connectivity index (χ0v) is 7.78. The van der Waals surface area contributed by atoms with Crippen LogP contribution in [0.25, 0.3) is 0 Å². The predicted molar refractivity (Wildman–Crippen MR) is 49.0 cm³/mol. The van der Waals surface area contributed by atoms with Gasteiger partial charge in [0, 0.05) is 6.42 Å². The quantitative estimate of drug-likeness (QED) is 0.812. The van der Waals surface area contributed by atoms with Crippen molar-refractivity contribution >= 4 is 5.97 Å². The van der Waals surface area contributed by atoms with E-state index in [-0.39, 0.29) is 12.8 Å². The van der Waals surface area contributed by atoms with Gasteiger partial charge in [-0.3, -0.25) is 4.79 Å². The molecule has 15 heavy (non-hydrogen) atoms. The van der Waals surface area contributed by atoms with Crippen molar-refractivity contribution in [1.29, 1.82) is 0 Å². The monoisotopic (exact) mass is 216 g/mol. The molecule has 0 spiro atoms. The van der Waals surface area contributed by atoms with E-state index in [1.54, 1.807) is 0 Å². The average Bonchev–Trinajstić information content (AvgIpc) is 2.16. The number of hydrogen-bond donors (Lipinski definition) is 2. The molecule has 1 aromatic rings. The number of aromatic hydroxyl groups is 1. The van der Waals surface area contributed by atoms with Gasteiger partial charge in [-0.2, -0.15) is 0 Å². The van der Waals surface area contributed by atoms with Gasteiger partial charge in [-0.05, 0) is 24.1 Å². The van der Waals surface area contributed by atoms with Gasteiger partial charge in [0.25, 0.3) is 6.43 Å². The topological polar surface area (TPSA) is 57.5 Å². The van der Waals surface area contributed by atoms with Gasteiger partial charge in [0.2, 0.25) is 0 Å². The number of hydrogen-bond acceptors (Lipinski definition) is 2. The Bertz CT molecular complexity index is 364. The number of phenolic OH excluding ortho intramolecular Hbond substituents is 1. The zero-order valence-electron chi connectivity index (χ0n) is 7.78. The summed E-state index contributed by atoms with van der Waals surface area (Å²) in [6, 6.07) is 3.71. The Morgan fingerprint density at radius 3 is 2.60 bits per heavy atom. The molecule has 0 radical (unpaired) electrons. The molecular formula is C10H10F2O3. The van der Waals surface area contributed by atoms with Crippen molar-refractivity contribution in [2.75, 3.05) is 0 Å². The number of carbonyl (C=O) groups is 1. The van der Waals surface area contributed by atoms with Crippen LogP contribution in [-0.2, 0) is 11.2 Å². The standard InChI is InChI=1S/C10H10F2O3/c11-10(12)7-5-6(1-3-8(7)13)2-4-9(14)15/h1,3,5,10,13H,2,4H2,(H,14,15). The third-order valence-corrected chi connectivity index (χ3v) is 1.95. The summed E-state index contributed by atoms with van der Waals surface area (Å²) in [4.78, 5) is 10.3.